The molecule has 0 spiro atoms. The van der Waals surface area contributed by atoms with Crippen LogP contribution in [0.3, 0.4) is 0 Å². The second kappa shape index (κ2) is 7.84. The van der Waals surface area contributed by atoms with Crippen molar-refractivity contribution in [2.75, 3.05) is 18.5 Å². The number of benzene rings is 2. The molecule has 2 N–H and O–H groups in total. The Labute approximate surface area is 133 Å². The Hall–Kier alpha value is -3.02. The number of anilines is 1. The molecule has 2 rings (SSSR count). The Morgan fingerprint density at radius 2 is 1.87 bits per heavy atom. The molecule has 0 aliphatic carbocycles. The molecular weight excluding hydrogens is 298 g/mol. The molecule has 0 aliphatic heterocycles. The van der Waals surface area contributed by atoms with E-state index in [0.717, 1.165) is 0 Å². The molecular formula is C17H17NO5. The zero-order chi connectivity index (χ0) is 16.7. The fourth-order valence-electron chi connectivity index (χ4n) is 1.85. The average Bonchev–Trinajstić information content (AvgIpc) is 2.55. The van der Waals surface area contributed by atoms with Crippen molar-refractivity contribution in [1.82, 2.24) is 0 Å². The first-order chi connectivity index (χ1) is 11.1. The van der Waals surface area contributed by atoms with Crippen LogP contribution in [0.25, 0.3) is 0 Å². The maximum atomic E-state index is 11.8. The minimum atomic E-state index is -0.678. The lowest BCUT2D eigenvalue weighted by Crippen LogP contribution is -2.20. The highest BCUT2D eigenvalue weighted by Gasteiger charge is 2.11. The monoisotopic (exact) mass is 315 g/mol. The molecule has 120 valence electrons. The van der Waals surface area contributed by atoms with Crippen molar-refractivity contribution in [3.8, 4) is 11.5 Å². The van der Waals surface area contributed by atoms with Gasteiger partial charge in [-0.15, -0.1) is 0 Å². The molecule has 6 heteroatoms. The van der Waals surface area contributed by atoms with E-state index in [-0.39, 0.29) is 11.3 Å². The van der Waals surface area contributed by atoms with Crippen molar-refractivity contribution < 1.29 is 24.2 Å². The summed E-state index contributed by atoms with van der Waals surface area (Å²) in [4.78, 5) is 23.5. The summed E-state index contributed by atoms with van der Waals surface area (Å²) < 4.78 is 10.2. The fraction of sp³-hybridized carbons (Fsp3) is 0.176. The molecule has 2 aromatic carbocycles. The van der Waals surface area contributed by atoms with Crippen molar-refractivity contribution in [1.29, 1.82) is 0 Å². The number of esters is 1. The Balaban J connectivity index is 1.84. The molecule has 0 aromatic heterocycles. The lowest BCUT2D eigenvalue weighted by Gasteiger charge is -2.08. The van der Waals surface area contributed by atoms with E-state index in [4.69, 9.17) is 9.47 Å². The summed E-state index contributed by atoms with van der Waals surface area (Å²) in [5.41, 5.74) is 0.755. The predicted molar refractivity (Wildman–Crippen MR) is 84.6 cm³/mol. The normalized spacial score (nSPS) is 9.96. The average molecular weight is 315 g/mol. The highest BCUT2D eigenvalue weighted by Crippen LogP contribution is 2.15. The van der Waals surface area contributed by atoms with Crippen LogP contribution in [0.4, 0.5) is 5.69 Å². The number of carbonyl (C=O) groups is 2. The lowest BCUT2D eigenvalue weighted by atomic mass is 10.2. The summed E-state index contributed by atoms with van der Waals surface area (Å²) in [5.74, 6) is -0.468. The van der Waals surface area contributed by atoms with Crippen LogP contribution in [-0.2, 0) is 9.53 Å². The molecule has 1 amide bonds. The highest BCUT2D eigenvalue weighted by molar-refractivity contribution is 5.95. The van der Waals surface area contributed by atoms with Crippen LogP contribution in [0.1, 0.15) is 17.3 Å². The zero-order valence-corrected chi connectivity index (χ0v) is 12.6. The Morgan fingerprint density at radius 3 is 2.52 bits per heavy atom. The van der Waals surface area contributed by atoms with Crippen molar-refractivity contribution in [2.45, 2.75) is 6.92 Å². The smallest absolute Gasteiger partial charge is 0.338 e. The quantitative estimate of drug-likeness (QED) is 0.800. The summed E-state index contributed by atoms with van der Waals surface area (Å²) >= 11 is 0. The number of carbonyl (C=O) groups excluding carboxylic acids is 2. The SMILES string of the molecule is CCOc1ccc(NC(=O)COC(=O)c2cccc(O)c2)cc1. The molecule has 23 heavy (non-hydrogen) atoms. The third-order valence-electron chi connectivity index (χ3n) is 2.87. The van der Waals surface area contributed by atoms with Crippen LogP contribution in [0, 0.1) is 0 Å². The maximum absolute atomic E-state index is 11.8. The van der Waals surface area contributed by atoms with Gasteiger partial charge in [0.15, 0.2) is 6.61 Å². The van der Waals surface area contributed by atoms with E-state index in [1.54, 1.807) is 24.3 Å². The third-order valence-corrected chi connectivity index (χ3v) is 2.87. The van der Waals surface area contributed by atoms with Gasteiger partial charge in [-0.2, -0.15) is 0 Å². The number of hydrogen-bond acceptors (Lipinski definition) is 5. The molecule has 0 heterocycles. The van der Waals surface area contributed by atoms with Gasteiger partial charge in [0, 0.05) is 5.69 Å². The van der Waals surface area contributed by atoms with Crippen molar-refractivity contribution in [3.63, 3.8) is 0 Å². The van der Waals surface area contributed by atoms with Gasteiger partial charge in [-0.05, 0) is 49.4 Å². The molecule has 0 atom stereocenters. The number of nitrogens with one attached hydrogen (secondary N) is 1. The second-order valence-corrected chi connectivity index (χ2v) is 4.63. The standard InChI is InChI=1S/C17H17NO5/c1-2-22-15-8-6-13(7-9-15)18-16(20)11-23-17(21)12-4-3-5-14(19)10-12/h3-10,19H,2,11H2,1H3,(H,18,20). The number of amides is 1. The number of rotatable bonds is 6. The van der Waals surface area contributed by atoms with Crippen LogP contribution in [0.15, 0.2) is 48.5 Å². The van der Waals surface area contributed by atoms with Crippen molar-refractivity contribution in [3.05, 3.63) is 54.1 Å². The van der Waals surface area contributed by atoms with Crippen LogP contribution in [0.5, 0.6) is 11.5 Å². The van der Waals surface area contributed by atoms with Gasteiger partial charge in [-0.25, -0.2) is 4.79 Å². The number of hydrogen-bond donors (Lipinski definition) is 2. The van der Waals surface area contributed by atoms with Gasteiger partial charge in [-0.1, -0.05) is 6.07 Å². The summed E-state index contributed by atoms with van der Waals surface area (Å²) in [5, 5.41) is 11.9. The molecule has 0 fully saturated rings. The minimum absolute atomic E-state index is 0.0433. The number of aromatic hydroxyl groups is 1. The first kappa shape index (κ1) is 16.4. The molecule has 2 aromatic rings. The van der Waals surface area contributed by atoms with Gasteiger partial charge in [-0.3, -0.25) is 4.79 Å². The minimum Gasteiger partial charge on any atom is -0.508 e. The van der Waals surface area contributed by atoms with Crippen LogP contribution in [-0.4, -0.2) is 30.2 Å². The predicted octanol–water partition coefficient (Wildman–Crippen LogP) is 2.59. The van der Waals surface area contributed by atoms with E-state index >= 15 is 0 Å². The zero-order valence-electron chi connectivity index (χ0n) is 12.6. The van der Waals surface area contributed by atoms with E-state index in [9.17, 15) is 14.7 Å². The summed E-state index contributed by atoms with van der Waals surface area (Å²) in [6.45, 7) is 2.04. The molecule has 0 unspecified atom stereocenters. The van der Waals surface area contributed by atoms with Gasteiger partial charge in [0.05, 0.1) is 12.2 Å². The van der Waals surface area contributed by atoms with Crippen molar-refractivity contribution in [2.24, 2.45) is 0 Å². The van der Waals surface area contributed by atoms with E-state index in [2.05, 4.69) is 5.32 Å². The first-order valence-corrected chi connectivity index (χ1v) is 7.07. The molecule has 0 aliphatic rings. The lowest BCUT2D eigenvalue weighted by molar-refractivity contribution is -0.119. The molecule has 0 bridgehead atoms. The maximum Gasteiger partial charge on any atom is 0.338 e. The van der Waals surface area contributed by atoms with E-state index < -0.39 is 18.5 Å². The second-order valence-electron chi connectivity index (χ2n) is 4.63. The Kier molecular flexibility index (Phi) is 5.57. The highest BCUT2D eigenvalue weighted by atomic mass is 16.5. The third kappa shape index (κ3) is 5.03. The molecule has 0 saturated heterocycles. The van der Waals surface area contributed by atoms with Gasteiger partial charge in [0.2, 0.25) is 0 Å². The van der Waals surface area contributed by atoms with Gasteiger partial charge < -0.3 is 19.9 Å². The summed E-state index contributed by atoms with van der Waals surface area (Å²) in [7, 11) is 0. The number of phenols is 1. The fourth-order valence-corrected chi connectivity index (χ4v) is 1.85. The molecule has 6 nitrogen and oxygen atoms in total. The van der Waals surface area contributed by atoms with Gasteiger partial charge >= 0.3 is 5.97 Å². The number of phenolic OH excluding ortho intramolecular Hbond substituents is 1. The topological polar surface area (TPSA) is 84.9 Å². The van der Waals surface area contributed by atoms with Crippen LogP contribution < -0.4 is 10.1 Å². The summed E-state index contributed by atoms with van der Waals surface area (Å²) in [6.07, 6.45) is 0. The Bertz CT molecular complexity index is 682. The van der Waals surface area contributed by atoms with E-state index in [1.807, 2.05) is 6.92 Å². The Morgan fingerprint density at radius 1 is 1.13 bits per heavy atom. The van der Waals surface area contributed by atoms with Crippen LogP contribution >= 0.6 is 0 Å². The van der Waals surface area contributed by atoms with Crippen LogP contribution in [0.2, 0.25) is 0 Å². The first-order valence-electron chi connectivity index (χ1n) is 7.07. The van der Waals surface area contributed by atoms with Gasteiger partial charge in [0.25, 0.3) is 5.91 Å². The molecule has 0 radical (unpaired) electrons. The number of ether oxygens (including phenoxy) is 2. The van der Waals surface area contributed by atoms with E-state index in [0.29, 0.717) is 18.0 Å². The van der Waals surface area contributed by atoms with Gasteiger partial charge in [0.1, 0.15) is 11.5 Å². The largest absolute Gasteiger partial charge is 0.508 e. The van der Waals surface area contributed by atoms with E-state index in [1.165, 1.54) is 24.3 Å². The van der Waals surface area contributed by atoms with Crippen molar-refractivity contribution >= 4 is 17.6 Å². The summed E-state index contributed by atoms with van der Waals surface area (Å²) in [6, 6.07) is 12.6. The molecule has 0 saturated carbocycles.